The number of rotatable bonds is 9. The lowest BCUT2D eigenvalue weighted by molar-refractivity contribution is -0.123. The molecule has 2 rings (SSSR count). The van der Waals surface area contributed by atoms with Crippen molar-refractivity contribution in [3.63, 3.8) is 0 Å². The highest BCUT2D eigenvalue weighted by molar-refractivity contribution is 5.95. The minimum atomic E-state index is -0.142. The SMILES string of the molecule is CCC(=O)c1ccc(OCC(=O)NCCCc2ccccc2)cc1. The Morgan fingerprint density at radius 3 is 2.38 bits per heavy atom. The monoisotopic (exact) mass is 325 g/mol. The summed E-state index contributed by atoms with van der Waals surface area (Å²) in [6, 6.07) is 17.1. The molecule has 4 heteroatoms. The summed E-state index contributed by atoms with van der Waals surface area (Å²) < 4.78 is 5.43. The van der Waals surface area contributed by atoms with Crippen LogP contribution >= 0.6 is 0 Å². The van der Waals surface area contributed by atoms with Crippen LogP contribution in [0.3, 0.4) is 0 Å². The number of aryl methyl sites for hydroxylation is 1. The largest absolute Gasteiger partial charge is 0.484 e. The summed E-state index contributed by atoms with van der Waals surface area (Å²) in [5.74, 6) is 0.538. The van der Waals surface area contributed by atoms with Crippen molar-refractivity contribution in [2.75, 3.05) is 13.2 Å². The molecule has 2 aromatic carbocycles. The van der Waals surface area contributed by atoms with Gasteiger partial charge >= 0.3 is 0 Å². The van der Waals surface area contributed by atoms with Crippen molar-refractivity contribution in [2.45, 2.75) is 26.2 Å². The van der Waals surface area contributed by atoms with Crippen LogP contribution in [0.25, 0.3) is 0 Å². The predicted octanol–water partition coefficient (Wildman–Crippen LogP) is 3.41. The molecule has 1 N–H and O–H groups in total. The van der Waals surface area contributed by atoms with Crippen LogP contribution < -0.4 is 10.1 Å². The van der Waals surface area contributed by atoms with Crippen LogP contribution in [0.5, 0.6) is 5.75 Å². The molecule has 1 amide bonds. The Balaban J connectivity index is 1.65. The first kappa shape index (κ1) is 17.7. The zero-order valence-corrected chi connectivity index (χ0v) is 14.0. The summed E-state index contributed by atoms with van der Waals surface area (Å²) >= 11 is 0. The van der Waals surface area contributed by atoms with Crippen LogP contribution in [0, 0.1) is 0 Å². The van der Waals surface area contributed by atoms with E-state index in [1.807, 2.05) is 25.1 Å². The third-order valence-electron chi connectivity index (χ3n) is 3.67. The maximum absolute atomic E-state index is 11.8. The van der Waals surface area contributed by atoms with E-state index in [-0.39, 0.29) is 18.3 Å². The lowest BCUT2D eigenvalue weighted by Crippen LogP contribution is -2.29. The first-order valence-corrected chi connectivity index (χ1v) is 8.25. The van der Waals surface area contributed by atoms with E-state index >= 15 is 0 Å². The third-order valence-corrected chi connectivity index (χ3v) is 3.67. The van der Waals surface area contributed by atoms with Gasteiger partial charge in [0.2, 0.25) is 0 Å². The van der Waals surface area contributed by atoms with Crippen LogP contribution in [0.4, 0.5) is 0 Å². The highest BCUT2D eigenvalue weighted by Crippen LogP contribution is 2.13. The van der Waals surface area contributed by atoms with E-state index in [4.69, 9.17) is 4.74 Å². The number of ether oxygens (including phenoxy) is 1. The molecule has 24 heavy (non-hydrogen) atoms. The van der Waals surface area contributed by atoms with Crippen molar-refractivity contribution in [2.24, 2.45) is 0 Å². The maximum atomic E-state index is 11.8. The third kappa shape index (κ3) is 5.88. The molecule has 0 spiro atoms. The van der Waals surface area contributed by atoms with E-state index in [1.54, 1.807) is 24.3 Å². The van der Waals surface area contributed by atoms with Crippen LogP contribution in [-0.4, -0.2) is 24.8 Å². The number of nitrogens with one attached hydrogen (secondary N) is 1. The van der Waals surface area contributed by atoms with Crippen molar-refractivity contribution in [3.05, 3.63) is 65.7 Å². The Labute approximate surface area is 142 Å². The van der Waals surface area contributed by atoms with Gasteiger partial charge in [-0.05, 0) is 42.7 Å². The second-order valence-corrected chi connectivity index (χ2v) is 5.53. The van der Waals surface area contributed by atoms with Crippen molar-refractivity contribution >= 4 is 11.7 Å². The molecule has 0 aliphatic heterocycles. The summed E-state index contributed by atoms with van der Waals surface area (Å²) in [6.07, 6.45) is 2.31. The molecule has 0 saturated heterocycles. The van der Waals surface area contributed by atoms with Crippen LogP contribution in [0.1, 0.15) is 35.7 Å². The molecular weight excluding hydrogens is 302 g/mol. The highest BCUT2D eigenvalue weighted by Gasteiger charge is 2.05. The van der Waals surface area contributed by atoms with E-state index in [1.165, 1.54) is 5.56 Å². The minimum absolute atomic E-state index is 0.0214. The molecule has 126 valence electrons. The molecule has 0 aromatic heterocycles. The van der Waals surface area contributed by atoms with Crippen LogP contribution in [0.15, 0.2) is 54.6 Å². The van der Waals surface area contributed by atoms with E-state index < -0.39 is 0 Å². The first-order valence-electron chi connectivity index (χ1n) is 8.25. The number of benzene rings is 2. The van der Waals surface area contributed by atoms with Gasteiger partial charge in [0, 0.05) is 18.5 Å². The van der Waals surface area contributed by atoms with Crippen molar-refractivity contribution in [1.82, 2.24) is 5.32 Å². The number of carbonyl (C=O) groups excluding carboxylic acids is 2. The quantitative estimate of drug-likeness (QED) is 0.568. The minimum Gasteiger partial charge on any atom is -0.484 e. The molecule has 0 heterocycles. The Morgan fingerprint density at radius 1 is 1.00 bits per heavy atom. The van der Waals surface area contributed by atoms with E-state index in [2.05, 4.69) is 17.4 Å². The van der Waals surface area contributed by atoms with E-state index in [0.29, 0.717) is 24.3 Å². The number of amides is 1. The Kier molecular flexibility index (Phi) is 7.02. The average molecular weight is 325 g/mol. The van der Waals surface area contributed by atoms with Gasteiger partial charge in [0.15, 0.2) is 12.4 Å². The molecule has 0 aliphatic carbocycles. The lowest BCUT2D eigenvalue weighted by Gasteiger charge is -2.08. The van der Waals surface area contributed by atoms with E-state index in [0.717, 1.165) is 12.8 Å². The van der Waals surface area contributed by atoms with Gasteiger partial charge < -0.3 is 10.1 Å². The fourth-order valence-corrected chi connectivity index (χ4v) is 2.31. The molecule has 0 radical (unpaired) electrons. The standard InChI is InChI=1S/C20H23NO3/c1-2-19(22)17-10-12-18(13-11-17)24-15-20(23)21-14-6-9-16-7-4-3-5-8-16/h3-5,7-8,10-13H,2,6,9,14-15H2,1H3,(H,21,23). The summed E-state index contributed by atoms with van der Waals surface area (Å²) in [5.41, 5.74) is 1.93. The fourth-order valence-electron chi connectivity index (χ4n) is 2.31. The molecule has 0 unspecified atom stereocenters. The van der Waals surface area contributed by atoms with Gasteiger partial charge in [-0.2, -0.15) is 0 Å². The number of hydrogen-bond donors (Lipinski definition) is 1. The van der Waals surface area contributed by atoms with Gasteiger partial charge in [-0.25, -0.2) is 0 Å². The number of ketones is 1. The Bertz CT molecular complexity index is 650. The van der Waals surface area contributed by atoms with Gasteiger partial charge in [0.25, 0.3) is 5.91 Å². The Hall–Kier alpha value is -2.62. The summed E-state index contributed by atoms with van der Waals surface area (Å²) in [5, 5.41) is 2.84. The lowest BCUT2D eigenvalue weighted by atomic mass is 10.1. The van der Waals surface area contributed by atoms with Crippen molar-refractivity contribution < 1.29 is 14.3 Å². The first-order chi connectivity index (χ1) is 11.7. The van der Waals surface area contributed by atoms with Gasteiger partial charge in [0.05, 0.1) is 0 Å². The van der Waals surface area contributed by atoms with Gasteiger partial charge in [-0.3, -0.25) is 9.59 Å². The van der Waals surface area contributed by atoms with Crippen molar-refractivity contribution in [3.8, 4) is 5.75 Å². The molecule has 0 fully saturated rings. The van der Waals surface area contributed by atoms with E-state index in [9.17, 15) is 9.59 Å². The molecular formula is C20H23NO3. The number of carbonyl (C=O) groups is 2. The topological polar surface area (TPSA) is 55.4 Å². The second kappa shape index (κ2) is 9.50. The van der Waals surface area contributed by atoms with Gasteiger partial charge in [0.1, 0.15) is 5.75 Å². The summed E-state index contributed by atoms with van der Waals surface area (Å²) in [4.78, 5) is 23.3. The predicted molar refractivity (Wildman–Crippen MR) is 94.3 cm³/mol. The summed E-state index contributed by atoms with van der Waals surface area (Å²) in [6.45, 7) is 2.43. The van der Waals surface area contributed by atoms with Crippen LogP contribution in [-0.2, 0) is 11.2 Å². The van der Waals surface area contributed by atoms with Gasteiger partial charge in [-0.1, -0.05) is 37.3 Å². The molecule has 0 bridgehead atoms. The zero-order valence-electron chi connectivity index (χ0n) is 14.0. The van der Waals surface area contributed by atoms with Gasteiger partial charge in [-0.15, -0.1) is 0 Å². The molecule has 4 nitrogen and oxygen atoms in total. The molecule has 2 aromatic rings. The fraction of sp³-hybridized carbons (Fsp3) is 0.300. The van der Waals surface area contributed by atoms with Crippen LogP contribution in [0.2, 0.25) is 0 Å². The zero-order chi connectivity index (χ0) is 17.2. The molecule has 0 aliphatic rings. The molecule has 0 atom stereocenters. The maximum Gasteiger partial charge on any atom is 0.257 e. The highest BCUT2D eigenvalue weighted by atomic mass is 16.5. The summed E-state index contributed by atoms with van der Waals surface area (Å²) in [7, 11) is 0. The smallest absolute Gasteiger partial charge is 0.257 e. The number of Topliss-reactive ketones (excluding diaryl/α,β-unsaturated/α-hetero) is 1. The van der Waals surface area contributed by atoms with Crippen molar-refractivity contribution in [1.29, 1.82) is 0 Å². The second-order valence-electron chi connectivity index (χ2n) is 5.53. The number of hydrogen-bond acceptors (Lipinski definition) is 3. The normalized spacial score (nSPS) is 10.2. The Morgan fingerprint density at radius 2 is 1.71 bits per heavy atom. The molecule has 0 saturated carbocycles. The average Bonchev–Trinajstić information content (AvgIpc) is 2.64.